The van der Waals surface area contributed by atoms with Gasteiger partial charge in [0.2, 0.25) is 0 Å². The molecule has 1 aliphatic rings. The second-order valence-electron chi connectivity index (χ2n) is 6.87. The molecule has 0 radical (unpaired) electrons. The Morgan fingerprint density at radius 2 is 1.62 bits per heavy atom. The maximum absolute atomic E-state index is 12.5. The summed E-state index contributed by atoms with van der Waals surface area (Å²) in [5.41, 5.74) is 1.39. The number of anilines is 2. The van der Waals surface area contributed by atoms with Crippen molar-refractivity contribution in [2.24, 2.45) is 0 Å². The van der Waals surface area contributed by atoms with Crippen LogP contribution in [0.2, 0.25) is 0 Å². The number of carbonyl (C=O) groups is 2. The van der Waals surface area contributed by atoms with Crippen molar-refractivity contribution in [3.05, 3.63) is 52.9 Å². The fraction of sp³-hybridized carbons (Fsp3) is 0.286. The van der Waals surface area contributed by atoms with E-state index >= 15 is 0 Å². The van der Waals surface area contributed by atoms with Gasteiger partial charge in [0.15, 0.2) is 0 Å². The molecule has 4 rings (SSSR count). The number of amides is 3. The van der Waals surface area contributed by atoms with Crippen LogP contribution in [0, 0.1) is 0 Å². The Kier molecular flexibility index (Phi) is 6.21. The van der Waals surface area contributed by atoms with Crippen LogP contribution in [-0.2, 0) is 0 Å². The Labute approximate surface area is 177 Å². The highest BCUT2D eigenvalue weighted by molar-refractivity contribution is 7.22. The van der Waals surface area contributed by atoms with E-state index in [0.29, 0.717) is 10.6 Å². The molecule has 3 aromatic rings. The standard InChI is InChI=1S/C21H22N4O2S2/c26-19(18-14-22-20(29-18)17-6-5-13-28-17)23-15-7-9-16(10-8-15)24-21(27)25-11-3-1-2-4-12-25/h5-10,13-14H,1-4,11-12H2,(H,23,26)(H,24,27). The first-order valence-electron chi connectivity index (χ1n) is 9.66. The summed E-state index contributed by atoms with van der Waals surface area (Å²) in [5, 5.41) is 8.65. The second-order valence-corrected chi connectivity index (χ2v) is 8.85. The minimum absolute atomic E-state index is 0.0607. The highest BCUT2D eigenvalue weighted by atomic mass is 32.1. The molecule has 1 saturated heterocycles. The summed E-state index contributed by atoms with van der Waals surface area (Å²) in [6, 6.07) is 11.1. The molecule has 0 unspecified atom stereocenters. The quantitative estimate of drug-likeness (QED) is 0.576. The van der Waals surface area contributed by atoms with Gasteiger partial charge in [0, 0.05) is 24.5 Å². The fourth-order valence-electron chi connectivity index (χ4n) is 3.20. The number of hydrogen-bond donors (Lipinski definition) is 2. The largest absolute Gasteiger partial charge is 0.325 e. The zero-order valence-electron chi connectivity index (χ0n) is 15.9. The van der Waals surface area contributed by atoms with E-state index in [0.717, 1.165) is 41.5 Å². The van der Waals surface area contributed by atoms with Gasteiger partial charge in [-0.1, -0.05) is 18.9 Å². The molecule has 1 aliphatic heterocycles. The number of nitrogens with zero attached hydrogens (tertiary/aromatic N) is 2. The third kappa shape index (κ3) is 5.02. The Morgan fingerprint density at radius 1 is 0.931 bits per heavy atom. The van der Waals surface area contributed by atoms with Gasteiger partial charge in [0.25, 0.3) is 5.91 Å². The lowest BCUT2D eigenvalue weighted by Gasteiger charge is -2.20. The van der Waals surface area contributed by atoms with E-state index in [1.54, 1.807) is 41.8 Å². The molecule has 0 aliphatic carbocycles. The SMILES string of the molecule is O=C(Nc1ccc(NC(=O)N2CCCCCC2)cc1)c1cnc(-c2cccs2)s1. The van der Waals surface area contributed by atoms with Crippen molar-refractivity contribution < 1.29 is 9.59 Å². The molecule has 150 valence electrons. The van der Waals surface area contributed by atoms with Crippen LogP contribution in [0.15, 0.2) is 48.0 Å². The highest BCUT2D eigenvalue weighted by Crippen LogP contribution is 2.29. The van der Waals surface area contributed by atoms with E-state index in [4.69, 9.17) is 0 Å². The van der Waals surface area contributed by atoms with Crippen LogP contribution < -0.4 is 10.6 Å². The predicted octanol–water partition coefficient (Wildman–Crippen LogP) is 5.53. The summed E-state index contributed by atoms with van der Waals surface area (Å²) >= 11 is 2.97. The number of aromatic nitrogens is 1. The average Bonchev–Trinajstić information content (AvgIpc) is 3.36. The van der Waals surface area contributed by atoms with Gasteiger partial charge >= 0.3 is 6.03 Å². The van der Waals surface area contributed by atoms with Crippen molar-refractivity contribution in [2.75, 3.05) is 23.7 Å². The smallest absolute Gasteiger partial charge is 0.321 e. The first-order valence-corrected chi connectivity index (χ1v) is 11.4. The molecule has 0 saturated carbocycles. The molecule has 29 heavy (non-hydrogen) atoms. The lowest BCUT2D eigenvalue weighted by atomic mass is 10.2. The first kappa shape index (κ1) is 19.6. The van der Waals surface area contributed by atoms with E-state index in [9.17, 15) is 9.59 Å². The summed E-state index contributed by atoms with van der Waals surface area (Å²) in [4.78, 5) is 32.7. The Bertz CT molecular complexity index is 959. The number of thiazole rings is 1. The molecule has 1 aromatic carbocycles. The van der Waals surface area contributed by atoms with Gasteiger partial charge in [-0.2, -0.15) is 0 Å². The van der Waals surface area contributed by atoms with E-state index in [1.807, 2.05) is 22.4 Å². The summed E-state index contributed by atoms with van der Waals surface area (Å²) in [6.45, 7) is 1.62. The van der Waals surface area contributed by atoms with Crippen LogP contribution in [0.3, 0.4) is 0 Å². The van der Waals surface area contributed by atoms with Gasteiger partial charge < -0.3 is 15.5 Å². The summed E-state index contributed by atoms with van der Waals surface area (Å²) in [6.07, 6.45) is 6.10. The van der Waals surface area contributed by atoms with Crippen molar-refractivity contribution in [3.63, 3.8) is 0 Å². The number of hydrogen-bond acceptors (Lipinski definition) is 5. The maximum Gasteiger partial charge on any atom is 0.321 e. The van der Waals surface area contributed by atoms with Gasteiger partial charge in [0.05, 0.1) is 11.1 Å². The number of urea groups is 1. The van der Waals surface area contributed by atoms with E-state index in [2.05, 4.69) is 15.6 Å². The average molecular weight is 427 g/mol. The Hall–Kier alpha value is -2.71. The molecule has 1 fully saturated rings. The lowest BCUT2D eigenvalue weighted by Crippen LogP contribution is -2.35. The topological polar surface area (TPSA) is 74.3 Å². The molecule has 3 amide bonds. The van der Waals surface area contributed by atoms with Crippen LogP contribution in [0.5, 0.6) is 0 Å². The third-order valence-corrected chi connectivity index (χ3v) is 6.78. The normalized spacial score (nSPS) is 14.3. The minimum Gasteiger partial charge on any atom is -0.325 e. The van der Waals surface area contributed by atoms with E-state index < -0.39 is 0 Å². The monoisotopic (exact) mass is 426 g/mol. The molecule has 0 bridgehead atoms. The zero-order valence-corrected chi connectivity index (χ0v) is 17.5. The van der Waals surface area contributed by atoms with Crippen LogP contribution in [0.25, 0.3) is 9.88 Å². The predicted molar refractivity (Wildman–Crippen MR) is 119 cm³/mol. The van der Waals surface area contributed by atoms with Crippen LogP contribution >= 0.6 is 22.7 Å². The molecule has 0 atom stereocenters. The van der Waals surface area contributed by atoms with Crippen molar-refractivity contribution in [1.29, 1.82) is 0 Å². The number of carbonyl (C=O) groups excluding carboxylic acids is 2. The van der Waals surface area contributed by atoms with Crippen molar-refractivity contribution in [3.8, 4) is 9.88 Å². The van der Waals surface area contributed by atoms with Gasteiger partial charge in [0.1, 0.15) is 9.88 Å². The number of benzene rings is 1. The fourth-order valence-corrected chi connectivity index (χ4v) is 4.81. The van der Waals surface area contributed by atoms with Gasteiger partial charge in [-0.15, -0.1) is 22.7 Å². The first-order chi connectivity index (χ1) is 14.2. The molecule has 3 heterocycles. The zero-order chi connectivity index (χ0) is 20.1. The van der Waals surface area contributed by atoms with Crippen LogP contribution in [0.1, 0.15) is 35.4 Å². The molecule has 8 heteroatoms. The van der Waals surface area contributed by atoms with Crippen LogP contribution in [-0.4, -0.2) is 34.9 Å². The van der Waals surface area contributed by atoms with E-state index in [-0.39, 0.29) is 11.9 Å². The summed E-state index contributed by atoms with van der Waals surface area (Å²) in [5.74, 6) is -0.188. The van der Waals surface area contributed by atoms with Crippen molar-refractivity contribution in [1.82, 2.24) is 9.88 Å². The summed E-state index contributed by atoms with van der Waals surface area (Å²) in [7, 11) is 0. The lowest BCUT2D eigenvalue weighted by molar-refractivity contribution is 0.103. The van der Waals surface area contributed by atoms with Crippen molar-refractivity contribution >= 4 is 46.0 Å². The molecule has 0 spiro atoms. The van der Waals surface area contributed by atoms with E-state index in [1.165, 1.54) is 24.2 Å². The number of nitrogens with one attached hydrogen (secondary N) is 2. The number of rotatable bonds is 4. The van der Waals surface area contributed by atoms with Crippen molar-refractivity contribution in [2.45, 2.75) is 25.7 Å². The Balaban J connectivity index is 1.34. The minimum atomic E-state index is -0.188. The second kappa shape index (κ2) is 9.19. The molecule has 2 N–H and O–H groups in total. The Morgan fingerprint density at radius 3 is 2.28 bits per heavy atom. The molecule has 6 nitrogen and oxygen atoms in total. The molecular weight excluding hydrogens is 404 g/mol. The molecular formula is C21H22N4O2S2. The highest BCUT2D eigenvalue weighted by Gasteiger charge is 2.16. The van der Waals surface area contributed by atoms with Gasteiger partial charge in [-0.05, 0) is 48.6 Å². The number of likely N-dealkylation sites (tertiary alicyclic amines) is 1. The third-order valence-electron chi connectivity index (χ3n) is 4.75. The molecule has 2 aromatic heterocycles. The number of thiophene rings is 1. The summed E-state index contributed by atoms with van der Waals surface area (Å²) < 4.78 is 0. The van der Waals surface area contributed by atoms with Gasteiger partial charge in [-0.3, -0.25) is 4.79 Å². The van der Waals surface area contributed by atoms with Crippen LogP contribution in [0.4, 0.5) is 16.2 Å². The maximum atomic E-state index is 12.5. The van der Waals surface area contributed by atoms with Gasteiger partial charge in [-0.25, -0.2) is 9.78 Å².